The van der Waals surface area contributed by atoms with E-state index in [-0.39, 0.29) is 0 Å². The first-order chi connectivity index (χ1) is 9.56. The van der Waals surface area contributed by atoms with Crippen LogP contribution in [-0.2, 0) is 0 Å². The van der Waals surface area contributed by atoms with Gasteiger partial charge in [0.25, 0.3) is 0 Å². The quantitative estimate of drug-likeness (QED) is 0.585. The maximum absolute atomic E-state index is 3.86. The number of nitrogens with one attached hydrogen (secondary N) is 1. The Bertz CT molecular complexity index is 445. The molecule has 3 aliphatic carbocycles. The molecule has 3 fully saturated rings. The molecule has 1 saturated heterocycles. The molecule has 20 heavy (non-hydrogen) atoms. The zero-order chi connectivity index (χ0) is 14.0. The number of hydrogen-bond acceptors (Lipinski definition) is 1. The molecule has 0 spiro atoms. The van der Waals surface area contributed by atoms with Gasteiger partial charge in [-0.3, -0.25) is 0 Å². The van der Waals surface area contributed by atoms with Gasteiger partial charge in [0.15, 0.2) is 0 Å². The Labute approximate surface area is 137 Å². The lowest BCUT2D eigenvalue weighted by Crippen LogP contribution is -2.59. The Morgan fingerprint density at radius 1 is 1.15 bits per heavy atom. The lowest BCUT2D eigenvalue weighted by Gasteiger charge is -2.60. The first kappa shape index (κ1) is 14.0. The Hall–Kier alpha value is 0.430. The van der Waals surface area contributed by atoms with E-state index in [1.165, 1.54) is 51.5 Å². The van der Waals surface area contributed by atoms with E-state index in [0.717, 1.165) is 23.8 Å². The molecule has 1 nitrogen and oxygen atoms in total. The summed E-state index contributed by atoms with van der Waals surface area (Å²) in [5.74, 6) is 2.94. The molecule has 0 aromatic heterocycles. The standard InChI is InChI=1S/C18H28IN/c1-17-10-8-14-12(13(17)5-6-15(17)19)4-7-16-18(14,2)9-3-11-20-16/h6,12-14,16,20H,3-5,7-11H2,1-2H3/t12-,13-,14-,16?,17-,18+/m0/s1. The molecule has 1 unspecified atom stereocenters. The van der Waals surface area contributed by atoms with Crippen LogP contribution in [-0.4, -0.2) is 12.6 Å². The summed E-state index contributed by atoms with van der Waals surface area (Å²) < 4.78 is 1.67. The van der Waals surface area contributed by atoms with Crippen molar-refractivity contribution in [3.8, 4) is 0 Å². The lowest BCUT2D eigenvalue weighted by molar-refractivity contribution is -0.0782. The summed E-state index contributed by atoms with van der Waals surface area (Å²) in [5, 5.41) is 3.86. The minimum atomic E-state index is 0.535. The number of piperidine rings is 1. The maximum atomic E-state index is 3.86. The second-order valence-corrected chi connectivity index (χ2v) is 9.48. The van der Waals surface area contributed by atoms with Crippen LogP contribution in [0.25, 0.3) is 0 Å². The van der Waals surface area contributed by atoms with Gasteiger partial charge in [-0.2, -0.15) is 0 Å². The first-order valence-corrected chi connectivity index (χ1v) is 9.73. The highest BCUT2D eigenvalue weighted by molar-refractivity contribution is 14.1. The summed E-state index contributed by atoms with van der Waals surface area (Å²) in [5.41, 5.74) is 1.13. The van der Waals surface area contributed by atoms with Gasteiger partial charge in [0.2, 0.25) is 0 Å². The van der Waals surface area contributed by atoms with Gasteiger partial charge in [-0.15, -0.1) is 0 Å². The summed E-state index contributed by atoms with van der Waals surface area (Å²) in [6, 6.07) is 0.815. The average molecular weight is 385 g/mol. The van der Waals surface area contributed by atoms with Gasteiger partial charge in [0.05, 0.1) is 0 Å². The van der Waals surface area contributed by atoms with Crippen LogP contribution < -0.4 is 5.32 Å². The summed E-state index contributed by atoms with van der Waals surface area (Å²) >= 11 is 2.64. The number of hydrogen-bond donors (Lipinski definition) is 1. The third kappa shape index (κ3) is 1.76. The van der Waals surface area contributed by atoms with Crippen LogP contribution in [0.4, 0.5) is 0 Å². The van der Waals surface area contributed by atoms with Crippen molar-refractivity contribution >= 4 is 22.6 Å². The fourth-order valence-corrected chi connectivity index (χ4v) is 7.34. The van der Waals surface area contributed by atoms with E-state index < -0.39 is 0 Å². The fraction of sp³-hybridized carbons (Fsp3) is 0.889. The van der Waals surface area contributed by atoms with Crippen LogP contribution in [0.2, 0.25) is 0 Å². The molecule has 4 rings (SSSR count). The smallest absolute Gasteiger partial charge is 0.0124 e. The molecule has 1 heterocycles. The van der Waals surface area contributed by atoms with Gasteiger partial charge in [0.1, 0.15) is 0 Å². The van der Waals surface area contributed by atoms with Crippen LogP contribution in [0.15, 0.2) is 9.66 Å². The fourth-order valence-electron chi connectivity index (χ4n) is 6.41. The van der Waals surface area contributed by atoms with Crippen molar-refractivity contribution in [1.82, 2.24) is 5.32 Å². The second-order valence-electron chi connectivity index (χ2n) is 8.31. The molecule has 0 aromatic rings. The highest BCUT2D eigenvalue weighted by Crippen LogP contribution is 2.64. The number of rotatable bonds is 0. The molecule has 1 aliphatic heterocycles. The number of fused-ring (bicyclic) bond motifs is 5. The van der Waals surface area contributed by atoms with Crippen LogP contribution in [0.5, 0.6) is 0 Å². The van der Waals surface area contributed by atoms with Gasteiger partial charge in [-0.05, 0) is 101 Å². The Morgan fingerprint density at radius 3 is 2.85 bits per heavy atom. The summed E-state index contributed by atoms with van der Waals surface area (Å²) in [6.07, 6.45) is 12.6. The zero-order valence-electron chi connectivity index (χ0n) is 12.9. The molecular formula is C18H28IN. The van der Waals surface area contributed by atoms with E-state index >= 15 is 0 Å². The van der Waals surface area contributed by atoms with Crippen LogP contribution in [0, 0.1) is 28.6 Å². The van der Waals surface area contributed by atoms with Crippen LogP contribution >= 0.6 is 22.6 Å². The molecule has 0 amide bonds. The van der Waals surface area contributed by atoms with E-state index in [4.69, 9.17) is 0 Å². The molecule has 6 atom stereocenters. The van der Waals surface area contributed by atoms with E-state index in [1.54, 1.807) is 3.58 Å². The Balaban J connectivity index is 1.65. The second kappa shape index (κ2) is 4.71. The highest BCUT2D eigenvalue weighted by Gasteiger charge is 2.57. The minimum absolute atomic E-state index is 0.535. The predicted octanol–water partition coefficient (Wildman–Crippen LogP) is 4.91. The molecule has 0 aromatic carbocycles. The van der Waals surface area contributed by atoms with Crippen LogP contribution in [0.1, 0.15) is 58.8 Å². The molecule has 2 heteroatoms. The van der Waals surface area contributed by atoms with E-state index in [2.05, 4.69) is 47.8 Å². The van der Waals surface area contributed by atoms with Gasteiger partial charge >= 0.3 is 0 Å². The van der Waals surface area contributed by atoms with Crippen molar-refractivity contribution in [2.75, 3.05) is 6.54 Å². The van der Waals surface area contributed by atoms with Crippen molar-refractivity contribution < 1.29 is 0 Å². The van der Waals surface area contributed by atoms with E-state index in [0.29, 0.717) is 10.8 Å². The molecule has 112 valence electrons. The number of halogens is 1. The van der Waals surface area contributed by atoms with Gasteiger partial charge < -0.3 is 5.32 Å². The number of allylic oxidation sites excluding steroid dienone is 2. The predicted molar refractivity (Wildman–Crippen MR) is 92.9 cm³/mol. The first-order valence-electron chi connectivity index (χ1n) is 8.65. The molecule has 0 radical (unpaired) electrons. The average Bonchev–Trinajstić information content (AvgIpc) is 2.74. The lowest BCUT2D eigenvalue weighted by atomic mass is 9.48. The van der Waals surface area contributed by atoms with Crippen molar-refractivity contribution in [2.24, 2.45) is 28.6 Å². The largest absolute Gasteiger partial charge is 0.313 e. The van der Waals surface area contributed by atoms with Crippen molar-refractivity contribution in [3.05, 3.63) is 9.66 Å². The zero-order valence-corrected chi connectivity index (χ0v) is 15.1. The van der Waals surface area contributed by atoms with Crippen molar-refractivity contribution in [2.45, 2.75) is 64.8 Å². The van der Waals surface area contributed by atoms with E-state index in [1.807, 2.05) is 0 Å². The summed E-state index contributed by atoms with van der Waals surface area (Å²) in [6.45, 7) is 6.45. The SMILES string of the molecule is C[C@]12CCCNC1CC[C@@H]1[C@@H]2CC[C@]2(C)C(I)=CC[C@@H]12. The topological polar surface area (TPSA) is 12.0 Å². The third-order valence-corrected chi connectivity index (χ3v) is 9.31. The minimum Gasteiger partial charge on any atom is -0.313 e. The Morgan fingerprint density at radius 2 is 2.00 bits per heavy atom. The van der Waals surface area contributed by atoms with Gasteiger partial charge in [0, 0.05) is 11.5 Å². The molecule has 4 aliphatic rings. The van der Waals surface area contributed by atoms with Crippen molar-refractivity contribution in [1.29, 1.82) is 0 Å². The molecule has 2 saturated carbocycles. The summed E-state index contributed by atoms with van der Waals surface area (Å²) in [7, 11) is 0. The van der Waals surface area contributed by atoms with Crippen LogP contribution in [0.3, 0.4) is 0 Å². The van der Waals surface area contributed by atoms with Gasteiger partial charge in [-0.1, -0.05) is 19.9 Å². The normalized spacial score (nSPS) is 54.6. The van der Waals surface area contributed by atoms with E-state index in [9.17, 15) is 0 Å². The molecule has 1 N–H and O–H groups in total. The highest BCUT2D eigenvalue weighted by atomic mass is 127. The van der Waals surface area contributed by atoms with Gasteiger partial charge in [-0.25, -0.2) is 0 Å². The monoisotopic (exact) mass is 385 g/mol. The Kier molecular flexibility index (Phi) is 3.31. The molecule has 0 bridgehead atoms. The maximum Gasteiger partial charge on any atom is 0.0124 e. The third-order valence-electron chi connectivity index (χ3n) is 7.64. The van der Waals surface area contributed by atoms with Crippen molar-refractivity contribution in [3.63, 3.8) is 0 Å². The molecular weight excluding hydrogens is 357 g/mol. The summed E-state index contributed by atoms with van der Waals surface area (Å²) in [4.78, 5) is 0.